The first-order valence-electron chi connectivity index (χ1n) is 4.08. The van der Waals surface area contributed by atoms with E-state index in [0.29, 0.717) is 19.0 Å². The molecule has 0 aromatic heterocycles. The molecular weight excluding hydrogens is 143 g/mol. The quantitative estimate of drug-likeness (QED) is 0.596. The van der Waals surface area contributed by atoms with Crippen LogP contribution < -0.4 is 0 Å². The molecule has 4 heteroatoms. The molecule has 0 bridgehead atoms. The van der Waals surface area contributed by atoms with Crippen molar-refractivity contribution in [3.63, 3.8) is 0 Å². The van der Waals surface area contributed by atoms with Crippen LogP contribution in [0.5, 0.6) is 0 Å². The fourth-order valence-corrected chi connectivity index (χ4v) is 1.05. The molecule has 1 N–H and O–H groups in total. The number of aliphatic hydroxyl groups excluding tert-OH is 1. The Hall–Kier alpha value is -0.0551. The van der Waals surface area contributed by atoms with Crippen molar-refractivity contribution in [2.75, 3.05) is 19.8 Å². The van der Waals surface area contributed by atoms with Crippen molar-refractivity contribution in [1.82, 2.24) is 0 Å². The minimum Gasteiger partial charge on any atom is -0.411 e. The summed E-state index contributed by atoms with van der Waals surface area (Å²) in [6.45, 7) is 5.53. The van der Waals surface area contributed by atoms with Crippen LogP contribution in [-0.2, 0) is 9.31 Å². The molecule has 1 fully saturated rings. The van der Waals surface area contributed by atoms with Gasteiger partial charge in [-0.15, -0.1) is 0 Å². The van der Waals surface area contributed by atoms with Crippen LogP contribution >= 0.6 is 0 Å². The Kier molecular flexibility index (Phi) is 3.36. The third kappa shape index (κ3) is 2.47. The number of hydrogen-bond donors (Lipinski definition) is 1. The van der Waals surface area contributed by atoms with Crippen LogP contribution in [-0.4, -0.2) is 32.0 Å². The maximum Gasteiger partial charge on any atom is 0.459 e. The van der Waals surface area contributed by atoms with Crippen molar-refractivity contribution in [1.29, 1.82) is 0 Å². The number of aliphatic hydroxyl groups is 1. The molecule has 0 spiro atoms. The lowest BCUT2D eigenvalue weighted by atomic mass is 9.73. The highest BCUT2D eigenvalue weighted by atomic mass is 16.6. The molecule has 0 atom stereocenters. The van der Waals surface area contributed by atoms with E-state index in [1.807, 2.05) is 0 Å². The SMILES string of the molecule is CC(C)B1OCC(CO)CO1. The fraction of sp³-hybridized carbons (Fsp3) is 1.00. The molecular formula is C7H15BO3. The van der Waals surface area contributed by atoms with Crippen LogP contribution in [0, 0.1) is 5.92 Å². The summed E-state index contributed by atoms with van der Waals surface area (Å²) < 4.78 is 10.7. The Bertz CT molecular complexity index is 110. The smallest absolute Gasteiger partial charge is 0.411 e. The summed E-state index contributed by atoms with van der Waals surface area (Å²) >= 11 is 0. The maximum atomic E-state index is 8.76. The lowest BCUT2D eigenvalue weighted by Gasteiger charge is -2.27. The van der Waals surface area contributed by atoms with Crippen LogP contribution in [0.25, 0.3) is 0 Å². The first-order chi connectivity index (χ1) is 5.24. The van der Waals surface area contributed by atoms with Crippen molar-refractivity contribution < 1.29 is 14.4 Å². The summed E-state index contributed by atoms with van der Waals surface area (Å²) in [5, 5.41) is 8.76. The second-order valence-corrected chi connectivity index (χ2v) is 3.33. The van der Waals surface area contributed by atoms with E-state index in [0.717, 1.165) is 0 Å². The van der Waals surface area contributed by atoms with E-state index in [-0.39, 0.29) is 19.6 Å². The second-order valence-electron chi connectivity index (χ2n) is 3.33. The fourth-order valence-electron chi connectivity index (χ4n) is 1.05. The molecule has 0 saturated carbocycles. The van der Waals surface area contributed by atoms with Gasteiger partial charge >= 0.3 is 7.12 Å². The van der Waals surface area contributed by atoms with Crippen molar-refractivity contribution in [3.05, 3.63) is 0 Å². The van der Waals surface area contributed by atoms with E-state index >= 15 is 0 Å². The van der Waals surface area contributed by atoms with Gasteiger partial charge in [-0.1, -0.05) is 13.8 Å². The number of rotatable bonds is 2. The predicted octanol–water partition coefficient (Wildman–Crippen LogP) is 0.540. The zero-order valence-corrected chi connectivity index (χ0v) is 7.12. The molecule has 1 aliphatic rings. The second kappa shape index (κ2) is 4.09. The normalized spacial score (nSPS) is 21.3. The van der Waals surface area contributed by atoms with Gasteiger partial charge < -0.3 is 14.4 Å². The van der Waals surface area contributed by atoms with E-state index in [1.54, 1.807) is 0 Å². The highest BCUT2D eigenvalue weighted by Gasteiger charge is 2.29. The monoisotopic (exact) mass is 158 g/mol. The van der Waals surface area contributed by atoms with Gasteiger partial charge in [0.25, 0.3) is 0 Å². The molecule has 1 rings (SSSR count). The van der Waals surface area contributed by atoms with E-state index in [2.05, 4.69) is 13.8 Å². The topological polar surface area (TPSA) is 38.7 Å². The maximum absolute atomic E-state index is 8.76. The van der Waals surface area contributed by atoms with Gasteiger partial charge in [-0.05, 0) is 5.82 Å². The van der Waals surface area contributed by atoms with Gasteiger partial charge in [0.05, 0.1) is 6.61 Å². The van der Waals surface area contributed by atoms with Gasteiger partial charge in [0.1, 0.15) is 0 Å². The van der Waals surface area contributed by atoms with Crippen LogP contribution in [0.2, 0.25) is 5.82 Å². The van der Waals surface area contributed by atoms with Gasteiger partial charge in [-0.25, -0.2) is 0 Å². The van der Waals surface area contributed by atoms with Gasteiger partial charge in [0, 0.05) is 19.1 Å². The van der Waals surface area contributed by atoms with Crippen molar-refractivity contribution in [2.45, 2.75) is 19.7 Å². The predicted molar refractivity (Wildman–Crippen MR) is 43.3 cm³/mol. The number of hydrogen-bond acceptors (Lipinski definition) is 3. The standard InChI is InChI=1S/C7H15BO3/c1-6(2)8-10-4-7(3-9)5-11-8/h6-7,9H,3-5H2,1-2H3. The zero-order valence-electron chi connectivity index (χ0n) is 7.12. The minimum atomic E-state index is -0.0715. The van der Waals surface area contributed by atoms with Gasteiger partial charge in [0.2, 0.25) is 0 Å². The molecule has 1 saturated heterocycles. The summed E-state index contributed by atoms with van der Waals surface area (Å²) in [5.41, 5.74) is 0. The van der Waals surface area contributed by atoms with Crippen molar-refractivity contribution in [2.24, 2.45) is 5.92 Å². The molecule has 1 aliphatic heterocycles. The minimum absolute atomic E-state index is 0.0715. The first-order valence-corrected chi connectivity index (χ1v) is 4.08. The molecule has 64 valence electrons. The molecule has 0 aliphatic carbocycles. The lowest BCUT2D eigenvalue weighted by Crippen LogP contribution is -2.38. The van der Waals surface area contributed by atoms with Gasteiger partial charge in [-0.3, -0.25) is 0 Å². The average Bonchev–Trinajstić information content (AvgIpc) is 2.05. The van der Waals surface area contributed by atoms with Crippen LogP contribution in [0.15, 0.2) is 0 Å². The first kappa shape index (κ1) is 9.04. The molecule has 0 unspecified atom stereocenters. The third-order valence-corrected chi connectivity index (χ3v) is 1.79. The molecule has 0 radical (unpaired) electrons. The summed E-state index contributed by atoms with van der Waals surface area (Å²) in [4.78, 5) is 0. The summed E-state index contributed by atoms with van der Waals surface area (Å²) in [6.07, 6.45) is 0. The van der Waals surface area contributed by atoms with E-state index in [9.17, 15) is 0 Å². The van der Waals surface area contributed by atoms with Crippen LogP contribution in [0.1, 0.15) is 13.8 Å². The highest BCUT2D eigenvalue weighted by molar-refractivity contribution is 6.46. The molecule has 0 amide bonds. The molecule has 11 heavy (non-hydrogen) atoms. The van der Waals surface area contributed by atoms with Crippen LogP contribution in [0.3, 0.4) is 0 Å². The Morgan fingerprint density at radius 3 is 2.36 bits per heavy atom. The molecule has 3 nitrogen and oxygen atoms in total. The van der Waals surface area contributed by atoms with Crippen LogP contribution in [0.4, 0.5) is 0 Å². The Morgan fingerprint density at radius 1 is 1.45 bits per heavy atom. The van der Waals surface area contributed by atoms with Crippen molar-refractivity contribution >= 4 is 7.12 Å². The summed E-state index contributed by atoms with van der Waals surface area (Å²) in [6, 6.07) is 0. The molecule has 0 aromatic carbocycles. The van der Waals surface area contributed by atoms with Gasteiger partial charge in [-0.2, -0.15) is 0 Å². The summed E-state index contributed by atoms with van der Waals surface area (Å²) in [7, 11) is -0.0715. The molecule has 1 heterocycles. The average molecular weight is 158 g/mol. The largest absolute Gasteiger partial charge is 0.459 e. The third-order valence-electron chi connectivity index (χ3n) is 1.79. The van der Waals surface area contributed by atoms with Crippen molar-refractivity contribution in [3.8, 4) is 0 Å². The Morgan fingerprint density at radius 2 is 2.00 bits per heavy atom. The highest BCUT2D eigenvalue weighted by Crippen LogP contribution is 2.16. The van der Waals surface area contributed by atoms with E-state index in [4.69, 9.17) is 14.4 Å². The Balaban J connectivity index is 2.24. The summed E-state index contributed by atoms with van der Waals surface area (Å²) in [5.74, 6) is 0.569. The van der Waals surface area contributed by atoms with Gasteiger partial charge in [0.15, 0.2) is 0 Å². The Labute approximate surface area is 67.8 Å². The zero-order chi connectivity index (χ0) is 8.27. The lowest BCUT2D eigenvalue weighted by molar-refractivity contribution is 0.0441. The van der Waals surface area contributed by atoms with E-state index in [1.165, 1.54) is 0 Å². The van der Waals surface area contributed by atoms with E-state index < -0.39 is 0 Å². The molecule has 0 aromatic rings.